The summed E-state index contributed by atoms with van der Waals surface area (Å²) in [5.74, 6) is -0.447. The molecule has 0 aliphatic heterocycles. The molecule has 2 rings (SSSR count). The monoisotopic (exact) mass is 272 g/mol. The van der Waals surface area contributed by atoms with E-state index < -0.39 is 0 Å². The molecule has 0 aromatic heterocycles. The number of halogens is 1. The van der Waals surface area contributed by atoms with Crippen molar-refractivity contribution in [1.29, 1.82) is 0 Å². The molecule has 0 unspecified atom stereocenters. The molecule has 0 saturated heterocycles. The van der Waals surface area contributed by atoms with Crippen LogP contribution in [0.4, 0.5) is 15.8 Å². The van der Waals surface area contributed by atoms with Crippen LogP contribution in [0.25, 0.3) is 0 Å². The van der Waals surface area contributed by atoms with Gasteiger partial charge in [-0.2, -0.15) is 0 Å². The summed E-state index contributed by atoms with van der Waals surface area (Å²) in [4.78, 5) is 11.9. The zero-order chi connectivity index (χ0) is 14.5. The lowest BCUT2D eigenvalue weighted by Gasteiger charge is -2.09. The molecule has 0 spiro atoms. The van der Waals surface area contributed by atoms with E-state index in [4.69, 9.17) is 5.73 Å². The second-order valence-electron chi connectivity index (χ2n) is 4.70. The largest absolute Gasteiger partial charge is 0.399 e. The van der Waals surface area contributed by atoms with Crippen LogP contribution in [-0.4, -0.2) is 5.91 Å². The second kappa shape index (κ2) is 6.19. The Bertz CT molecular complexity index is 608. The number of carbonyl (C=O) groups excluding carboxylic acids is 1. The topological polar surface area (TPSA) is 55.1 Å². The van der Waals surface area contributed by atoms with Crippen molar-refractivity contribution in [2.24, 2.45) is 0 Å². The zero-order valence-corrected chi connectivity index (χ0v) is 11.3. The highest BCUT2D eigenvalue weighted by molar-refractivity contribution is 5.91. The van der Waals surface area contributed by atoms with E-state index in [0.717, 1.165) is 5.56 Å². The normalized spacial score (nSPS) is 10.3. The van der Waals surface area contributed by atoms with Gasteiger partial charge in [0.2, 0.25) is 5.91 Å². The number of nitrogens with one attached hydrogen (secondary N) is 1. The molecule has 0 atom stereocenters. The Balaban J connectivity index is 1.92. The maximum Gasteiger partial charge on any atom is 0.224 e. The first kappa shape index (κ1) is 14.1. The Hall–Kier alpha value is -2.36. The van der Waals surface area contributed by atoms with Crippen molar-refractivity contribution < 1.29 is 9.18 Å². The molecular weight excluding hydrogens is 255 g/mol. The summed E-state index contributed by atoms with van der Waals surface area (Å²) in [5.41, 5.74) is 8.32. The highest BCUT2D eigenvalue weighted by Crippen LogP contribution is 2.18. The minimum atomic E-state index is -0.318. The number of nitrogen functional groups attached to an aromatic ring is 1. The standard InChI is InChI=1S/C16H17FN2O/c1-11-14(17)3-2-4-15(11)19-16(20)10-7-12-5-8-13(18)9-6-12/h2-6,8-9H,7,10,18H2,1H3,(H,19,20). The van der Waals surface area contributed by atoms with Gasteiger partial charge in [-0.15, -0.1) is 0 Å². The molecule has 0 fully saturated rings. The summed E-state index contributed by atoms with van der Waals surface area (Å²) in [5, 5.41) is 2.73. The van der Waals surface area contributed by atoms with Crippen molar-refractivity contribution >= 4 is 17.3 Å². The number of anilines is 2. The van der Waals surface area contributed by atoms with E-state index in [1.54, 1.807) is 19.1 Å². The highest BCUT2D eigenvalue weighted by atomic mass is 19.1. The van der Waals surface area contributed by atoms with Crippen molar-refractivity contribution in [1.82, 2.24) is 0 Å². The van der Waals surface area contributed by atoms with E-state index in [0.29, 0.717) is 29.8 Å². The van der Waals surface area contributed by atoms with Gasteiger partial charge in [-0.05, 0) is 43.2 Å². The average Bonchev–Trinajstić information content (AvgIpc) is 2.43. The smallest absolute Gasteiger partial charge is 0.224 e. The fourth-order valence-electron chi connectivity index (χ4n) is 1.90. The number of nitrogens with two attached hydrogens (primary N) is 1. The summed E-state index contributed by atoms with van der Waals surface area (Å²) in [6.07, 6.45) is 0.973. The van der Waals surface area contributed by atoms with Crippen molar-refractivity contribution in [2.45, 2.75) is 19.8 Å². The maximum atomic E-state index is 13.4. The van der Waals surface area contributed by atoms with Gasteiger partial charge in [0.15, 0.2) is 0 Å². The molecule has 0 radical (unpaired) electrons. The maximum absolute atomic E-state index is 13.4. The van der Waals surface area contributed by atoms with Crippen LogP contribution in [0.15, 0.2) is 42.5 Å². The molecule has 1 amide bonds. The molecule has 0 saturated carbocycles. The first-order valence-electron chi connectivity index (χ1n) is 6.45. The first-order valence-corrected chi connectivity index (χ1v) is 6.45. The zero-order valence-electron chi connectivity index (χ0n) is 11.3. The van der Waals surface area contributed by atoms with Crippen LogP contribution in [0, 0.1) is 12.7 Å². The van der Waals surface area contributed by atoms with Gasteiger partial charge in [0.25, 0.3) is 0 Å². The fraction of sp³-hybridized carbons (Fsp3) is 0.188. The average molecular weight is 272 g/mol. The number of hydrogen-bond acceptors (Lipinski definition) is 2. The molecule has 0 heterocycles. The molecule has 0 aliphatic rings. The fourth-order valence-corrected chi connectivity index (χ4v) is 1.90. The Labute approximate surface area is 117 Å². The van der Waals surface area contributed by atoms with Crippen LogP contribution in [0.2, 0.25) is 0 Å². The molecule has 0 aliphatic carbocycles. The van der Waals surface area contributed by atoms with Gasteiger partial charge in [-0.1, -0.05) is 18.2 Å². The number of carbonyl (C=O) groups is 1. The van der Waals surface area contributed by atoms with E-state index in [-0.39, 0.29) is 11.7 Å². The van der Waals surface area contributed by atoms with Crippen LogP contribution < -0.4 is 11.1 Å². The van der Waals surface area contributed by atoms with Crippen LogP contribution in [0.3, 0.4) is 0 Å². The summed E-state index contributed by atoms with van der Waals surface area (Å²) >= 11 is 0. The SMILES string of the molecule is Cc1c(F)cccc1NC(=O)CCc1ccc(N)cc1. The molecular formula is C16H17FN2O. The van der Waals surface area contributed by atoms with E-state index in [1.807, 2.05) is 24.3 Å². The Kier molecular flexibility index (Phi) is 4.35. The Morgan fingerprint density at radius 1 is 1.20 bits per heavy atom. The summed E-state index contributed by atoms with van der Waals surface area (Å²) in [6.45, 7) is 1.64. The van der Waals surface area contributed by atoms with Crippen molar-refractivity contribution in [3.63, 3.8) is 0 Å². The van der Waals surface area contributed by atoms with Crippen molar-refractivity contribution in [2.75, 3.05) is 11.1 Å². The molecule has 2 aromatic rings. The van der Waals surface area contributed by atoms with Gasteiger partial charge in [-0.25, -0.2) is 4.39 Å². The molecule has 4 heteroatoms. The third kappa shape index (κ3) is 3.57. The second-order valence-corrected chi connectivity index (χ2v) is 4.70. The van der Waals surface area contributed by atoms with Gasteiger partial charge in [0.05, 0.1) is 0 Å². The van der Waals surface area contributed by atoms with Crippen LogP contribution in [0.5, 0.6) is 0 Å². The lowest BCUT2D eigenvalue weighted by Crippen LogP contribution is -2.13. The lowest BCUT2D eigenvalue weighted by atomic mass is 10.1. The molecule has 104 valence electrons. The number of amides is 1. The van der Waals surface area contributed by atoms with Gasteiger partial charge in [-0.3, -0.25) is 4.79 Å². The van der Waals surface area contributed by atoms with Crippen LogP contribution in [-0.2, 0) is 11.2 Å². The summed E-state index contributed by atoms with van der Waals surface area (Å²) < 4.78 is 13.4. The summed E-state index contributed by atoms with van der Waals surface area (Å²) in [6, 6.07) is 12.1. The predicted octanol–water partition coefficient (Wildman–Crippen LogP) is 3.29. The van der Waals surface area contributed by atoms with Gasteiger partial charge in [0, 0.05) is 23.4 Å². The molecule has 2 aromatic carbocycles. The van der Waals surface area contributed by atoms with Gasteiger partial charge in [0.1, 0.15) is 5.82 Å². The first-order chi connectivity index (χ1) is 9.56. The Morgan fingerprint density at radius 2 is 1.90 bits per heavy atom. The van der Waals surface area contributed by atoms with E-state index >= 15 is 0 Å². The van der Waals surface area contributed by atoms with Crippen molar-refractivity contribution in [3.8, 4) is 0 Å². The quantitative estimate of drug-likeness (QED) is 0.839. The van der Waals surface area contributed by atoms with Gasteiger partial charge >= 0.3 is 0 Å². The van der Waals surface area contributed by atoms with E-state index in [9.17, 15) is 9.18 Å². The number of hydrogen-bond donors (Lipinski definition) is 2. The number of benzene rings is 2. The molecule has 3 N–H and O–H groups in total. The Morgan fingerprint density at radius 3 is 2.60 bits per heavy atom. The third-order valence-electron chi connectivity index (χ3n) is 3.16. The molecule has 20 heavy (non-hydrogen) atoms. The number of rotatable bonds is 4. The lowest BCUT2D eigenvalue weighted by molar-refractivity contribution is -0.116. The van der Waals surface area contributed by atoms with E-state index in [1.165, 1.54) is 6.07 Å². The molecule has 0 bridgehead atoms. The van der Waals surface area contributed by atoms with Crippen LogP contribution in [0.1, 0.15) is 17.5 Å². The molecule has 3 nitrogen and oxygen atoms in total. The minimum Gasteiger partial charge on any atom is -0.399 e. The number of aryl methyl sites for hydroxylation is 1. The van der Waals surface area contributed by atoms with E-state index in [2.05, 4.69) is 5.32 Å². The predicted molar refractivity (Wildman–Crippen MR) is 78.9 cm³/mol. The third-order valence-corrected chi connectivity index (χ3v) is 3.16. The van der Waals surface area contributed by atoms with Crippen LogP contribution >= 0.6 is 0 Å². The van der Waals surface area contributed by atoms with Crippen molar-refractivity contribution in [3.05, 3.63) is 59.4 Å². The van der Waals surface area contributed by atoms with Gasteiger partial charge < -0.3 is 11.1 Å². The minimum absolute atomic E-state index is 0.129. The highest BCUT2D eigenvalue weighted by Gasteiger charge is 2.07. The summed E-state index contributed by atoms with van der Waals surface area (Å²) in [7, 11) is 0.